The van der Waals surface area contributed by atoms with Gasteiger partial charge < -0.3 is 14.9 Å². The molecule has 2 heterocycles. The molecule has 2 aromatic carbocycles. The highest BCUT2D eigenvalue weighted by molar-refractivity contribution is 6.30. The van der Waals surface area contributed by atoms with Crippen LogP contribution in [0.25, 0.3) is 0 Å². The molecule has 25 heavy (non-hydrogen) atoms. The van der Waals surface area contributed by atoms with Gasteiger partial charge in [-0.2, -0.15) is 0 Å². The number of likely N-dealkylation sites (N-methyl/N-ethyl adjacent to an activating group) is 1. The average Bonchev–Trinajstić information content (AvgIpc) is 2.89. The van der Waals surface area contributed by atoms with Crippen LogP contribution in [-0.2, 0) is 4.79 Å². The van der Waals surface area contributed by atoms with Gasteiger partial charge in [-0.25, -0.2) is 4.79 Å². The minimum Gasteiger partial charge on any atom is -0.457 e. The Morgan fingerprint density at radius 1 is 1.12 bits per heavy atom. The number of aliphatic hydroxyl groups excluding tert-OH is 1. The van der Waals surface area contributed by atoms with Gasteiger partial charge in [0.05, 0.1) is 20.1 Å². The van der Waals surface area contributed by atoms with Crippen LogP contribution in [-0.4, -0.2) is 47.0 Å². The number of para-hydroxylation sites is 1. The number of hydrogen-bond acceptors (Lipinski definition) is 4. The first-order chi connectivity index (χ1) is 11.9. The van der Waals surface area contributed by atoms with Gasteiger partial charge in [0, 0.05) is 28.0 Å². The molecule has 2 aliphatic heterocycles. The van der Waals surface area contributed by atoms with E-state index >= 15 is 0 Å². The first kappa shape index (κ1) is 16.5. The van der Waals surface area contributed by atoms with Crippen LogP contribution in [0, 0.1) is 0 Å². The summed E-state index contributed by atoms with van der Waals surface area (Å²) in [7, 11) is 1.75. The van der Waals surface area contributed by atoms with E-state index in [0.29, 0.717) is 18.1 Å². The van der Waals surface area contributed by atoms with Gasteiger partial charge in [-0.15, -0.1) is 0 Å². The lowest BCUT2D eigenvalue weighted by Gasteiger charge is -2.27. The summed E-state index contributed by atoms with van der Waals surface area (Å²) in [6.45, 7) is 0.944. The Bertz CT molecular complexity index is 853. The van der Waals surface area contributed by atoms with Crippen molar-refractivity contribution in [1.29, 1.82) is 0 Å². The van der Waals surface area contributed by atoms with E-state index in [1.54, 1.807) is 13.1 Å². The van der Waals surface area contributed by atoms with Gasteiger partial charge >= 0.3 is 5.91 Å². The summed E-state index contributed by atoms with van der Waals surface area (Å²) >= 11 is 6.21. The lowest BCUT2D eigenvalue weighted by molar-refractivity contribution is -0.825. The van der Waals surface area contributed by atoms with Crippen LogP contribution in [0.3, 0.4) is 0 Å². The fourth-order valence-corrected chi connectivity index (χ4v) is 4.37. The zero-order valence-electron chi connectivity index (χ0n) is 13.7. The zero-order valence-corrected chi connectivity index (χ0v) is 14.5. The third kappa shape index (κ3) is 2.64. The van der Waals surface area contributed by atoms with Gasteiger partial charge in [-0.05, 0) is 24.3 Å². The number of rotatable bonds is 1. The molecule has 0 radical (unpaired) electrons. The quantitative estimate of drug-likeness (QED) is 0.606. The lowest BCUT2D eigenvalue weighted by Crippen LogP contribution is -2.52. The van der Waals surface area contributed by atoms with E-state index in [0.717, 1.165) is 22.6 Å². The maximum Gasteiger partial charge on any atom is 0.369 e. The third-order valence-corrected chi connectivity index (χ3v) is 5.58. The zero-order chi connectivity index (χ0) is 17.8. The monoisotopic (exact) mass is 360 g/mol. The summed E-state index contributed by atoms with van der Waals surface area (Å²) in [5.41, 5.74) is 1.98. The van der Waals surface area contributed by atoms with Gasteiger partial charge in [0.15, 0.2) is 0 Å². The first-order valence-electron chi connectivity index (χ1n) is 8.20. The van der Waals surface area contributed by atoms with Crippen molar-refractivity contribution >= 4 is 17.5 Å². The van der Waals surface area contributed by atoms with E-state index in [1.807, 2.05) is 36.4 Å². The number of benzene rings is 2. The first-order valence-corrected chi connectivity index (χ1v) is 8.58. The van der Waals surface area contributed by atoms with E-state index in [2.05, 4.69) is 0 Å². The van der Waals surface area contributed by atoms with Crippen LogP contribution in [0.1, 0.15) is 23.0 Å². The second kappa shape index (κ2) is 5.81. The highest BCUT2D eigenvalue weighted by Crippen LogP contribution is 2.51. The van der Waals surface area contributed by atoms with Crippen LogP contribution in [0.5, 0.6) is 11.5 Å². The summed E-state index contributed by atoms with van der Waals surface area (Å²) in [5, 5.41) is 19.4. The second-order valence-corrected chi connectivity index (χ2v) is 7.44. The Kier molecular flexibility index (Phi) is 3.85. The third-order valence-electron chi connectivity index (χ3n) is 5.35. The van der Waals surface area contributed by atoms with Crippen molar-refractivity contribution in [3.05, 3.63) is 58.6 Å². The predicted octanol–water partition coefficient (Wildman–Crippen LogP) is 2.61. The van der Waals surface area contributed by atoms with E-state index < -0.39 is 12.2 Å². The molecule has 6 heteroatoms. The Morgan fingerprint density at radius 2 is 1.76 bits per heavy atom. The topological polar surface area (TPSA) is 66.8 Å². The van der Waals surface area contributed by atoms with Crippen molar-refractivity contribution in [1.82, 2.24) is 0 Å². The second-order valence-electron chi connectivity index (χ2n) is 7.01. The summed E-state index contributed by atoms with van der Waals surface area (Å²) in [4.78, 5) is 12.4. The normalized spacial score (nSPS) is 27.1. The van der Waals surface area contributed by atoms with E-state index in [-0.39, 0.29) is 16.3 Å². The molecule has 130 valence electrons. The van der Waals surface area contributed by atoms with Crippen molar-refractivity contribution in [3.63, 3.8) is 0 Å². The number of carbonyl (C=O) groups excluding carboxylic acids is 1. The molecule has 2 aliphatic rings. The minimum atomic E-state index is -1.97. The number of hydrogen-bond donors (Lipinski definition) is 2. The molecule has 0 aromatic heterocycles. The molecule has 0 bridgehead atoms. The van der Waals surface area contributed by atoms with E-state index in [4.69, 9.17) is 16.3 Å². The SMILES string of the molecule is C[N+]1(C(=O)C(O)O)CC2c3ccccc3Oc3ccc(Cl)cc3C2C1. The van der Waals surface area contributed by atoms with Crippen LogP contribution in [0.2, 0.25) is 5.02 Å². The highest BCUT2D eigenvalue weighted by atomic mass is 35.5. The molecule has 5 nitrogen and oxygen atoms in total. The number of quaternary nitrogens is 1. The van der Waals surface area contributed by atoms with Crippen molar-refractivity contribution < 1.29 is 24.2 Å². The molecule has 0 aliphatic carbocycles. The van der Waals surface area contributed by atoms with Gasteiger partial charge in [0.1, 0.15) is 11.5 Å². The highest BCUT2D eigenvalue weighted by Gasteiger charge is 2.52. The molecule has 4 rings (SSSR count). The molecular formula is C19H19ClNO4+. The lowest BCUT2D eigenvalue weighted by atomic mass is 9.84. The van der Waals surface area contributed by atoms with Crippen molar-refractivity contribution in [2.75, 3.05) is 20.1 Å². The van der Waals surface area contributed by atoms with Crippen molar-refractivity contribution in [3.8, 4) is 11.5 Å². The summed E-state index contributed by atoms with van der Waals surface area (Å²) in [6, 6.07) is 13.3. The number of fused-ring (bicyclic) bond motifs is 5. The number of amides is 1. The largest absolute Gasteiger partial charge is 0.457 e. The van der Waals surface area contributed by atoms with Crippen LogP contribution in [0.4, 0.5) is 0 Å². The molecule has 1 saturated heterocycles. The van der Waals surface area contributed by atoms with E-state index in [9.17, 15) is 15.0 Å². The number of halogens is 1. The number of ether oxygens (including phenoxy) is 1. The van der Waals surface area contributed by atoms with Crippen molar-refractivity contribution in [2.24, 2.45) is 0 Å². The fraction of sp³-hybridized carbons (Fsp3) is 0.316. The maximum atomic E-state index is 12.4. The molecular weight excluding hydrogens is 342 g/mol. The Morgan fingerprint density at radius 3 is 2.48 bits per heavy atom. The van der Waals surface area contributed by atoms with E-state index in [1.165, 1.54) is 0 Å². The molecule has 3 atom stereocenters. The number of likely N-dealkylation sites (tertiary alicyclic amines) is 1. The fourth-order valence-electron chi connectivity index (χ4n) is 4.19. The molecule has 1 amide bonds. The molecule has 0 spiro atoms. The van der Waals surface area contributed by atoms with Crippen LogP contribution >= 0.6 is 11.6 Å². The minimum absolute atomic E-state index is 0.00468. The Hall–Kier alpha value is -1.92. The Balaban J connectivity index is 1.87. The van der Waals surface area contributed by atoms with Crippen molar-refractivity contribution in [2.45, 2.75) is 18.1 Å². The molecule has 2 N–H and O–H groups in total. The van der Waals surface area contributed by atoms with Gasteiger partial charge in [-0.1, -0.05) is 29.8 Å². The molecule has 0 saturated carbocycles. The molecule has 1 fully saturated rings. The summed E-state index contributed by atoms with van der Waals surface area (Å²) in [6.07, 6.45) is -1.97. The van der Waals surface area contributed by atoms with Gasteiger partial charge in [0.25, 0.3) is 6.29 Å². The standard InChI is InChI=1S/C19H19ClNO4/c1-21(18(22)19(23)24)9-14-12-4-2-3-5-16(12)25-17-7-6-11(20)8-13(17)15(14)10-21/h2-8,14-15,19,23-24H,9-10H2,1H3/q+1. The smallest absolute Gasteiger partial charge is 0.369 e. The Labute approximate surface area is 150 Å². The molecule has 3 unspecified atom stereocenters. The van der Waals surface area contributed by atoms with Crippen LogP contribution < -0.4 is 4.74 Å². The van der Waals surface area contributed by atoms with Crippen LogP contribution in [0.15, 0.2) is 42.5 Å². The van der Waals surface area contributed by atoms with Gasteiger partial charge in [-0.3, -0.25) is 4.48 Å². The van der Waals surface area contributed by atoms with Gasteiger partial charge in [0.2, 0.25) is 0 Å². The molecule has 2 aromatic rings. The average molecular weight is 361 g/mol. The number of aliphatic hydroxyl groups is 2. The maximum absolute atomic E-state index is 12.4. The number of carbonyl (C=O) groups is 1. The summed E-state index contributed by atoms with van der Waals surface area (Å²) in [5.74, 6) is 0.947. The predicted molar refractivity (Wildman–Crippen MR) is 92.6 cm³/mol. The number of nitrogens with zero attached hydrogens (tertiary/aromatic N) is 1. The summed E-state index contributed by atoms with van der Waals surface area (Å²) < 4.78 is 6.09.